The number of hydrogen-bond acceptors (Lipinski definition) is 4. The van der Waals surface area contributed by atoms with Crippen LogP contribution in [-0.4, -0.2) is 29.5 Å². The normalized spacial score (nSPS) is 16.0. The molecule has 0 saturated carbocycles. The van der Waals surface area contributed by atoms with Gasteiger partial charge in [-0.2, -0.15) is 0 Å². The number of hydrogen-bond donors (Lipinski definition) is 3. The van der Waals surface area contributed by atoms with Gasteiger partial charge in [0.15, 0.2) is 0 Å². The summed E-state index contributed by atoms with van der Waals surface area (Å²) in [6.07, 6.45) is 0.994. The van der Waals surface area contributed by atoms with Gasteiger partial charge in [0, 0.05) is 19.2 Å². The second-order valence-corrected chi connectivity index (χ2v) is 9.03. The van der Waals surface area contributed by atoms with E-state index in [2.05, 4.69) is 11.4 Å². The van der Waals surface area contributed by atoms with Crippen LogP contribution < -0.4 is 16.0 Å². The quantitative estimate of drug-likeness (QED) is 0.536. The first kappa shape index (κ1) is 23.5. The molecule has 2 unspecified atom stereocenters. The largest absolute Gasteiger partial charge is 0.508 e. The number of benzene rings is 3. The monoisotopic (exact) mass is 457 g/mol. The minimum absolute atomic E-state index is 0.0199. The lowest BCUT2D eigenvalue weighted by atomic mass is 9.91. The Labute approximate surface area is 200 Å². The van der Waals surface area contributed by atoms with Crippen molar-refractivity contribution in [3.8, 4) is 16.9 Å². The van der Waals surface area contributed by atoms with E-state index in [1.807, 2.05) is 56.3 Å². The van der Waals surface area contributed by atoms with E-state index >= 15 is 0 Å². The second-order valence-electron chi connectivity index (χ2n) is 9.03. The second kappa shape index (κ2) is 9.69. The van der Waals surface area contributed by atoms with Gasteiger partial charge in [0.1, 0.15) is 5.75 Å². The van der Waals surface area contributed by atoms with Crippen LogP contribution in [-0.2, 0) is 16.0 Å². The molecule has 1 aliphatic heterocycles. The molecule has 4 rings (SSSR count). The minimum Gasteiger partial charge on any atom is -0.508 e. The molecule has 3 aromatic carbocycles. The van der Waals surface area contributed by atoms with Crippen molar-refractivity contribution in [3.05, 3.63) is 82.9 Å². The summed E-state index contributed by atoms with van der Waals surface area (Å²) in [5.74, 6) is -0.0440. The number of nitrogens with one attached hydrogen (secondary N) is 1. The van der Waals surface area contributed by atoms with Gasteiger partial charge in [-0.3, -0.25) is 9.59 Å². The Morgan fingerprint density at radius 3 is 2.38 bits per heavy atom. The van der Waals surface area contributed by atoms with Crippen molar-refractivity contribution in [2.75, 3.05) is 11.4 Å². The van der Waals surface area contributed by atoms with Crippen molar-refractivity contribution < 1.29 is 14.7 Å². The van der Waals surface area contributed by atoms with Crippen LogP contribution >= 0.6 is 0 Å². The summed E-state index contributed by atoms with van der Waals surface area (Å²) < 4.78 is 0. The molecule has 6 heteroatoms. The SMILES string of the molecule is CC(=O)N1CCC(NC(=O)C(N)Cc2c(C)cc(O)cc2C)c2cc(-c3ccccc3)ccc21. The number of nitrogens with zero attached hydrogens (tertiary/aromatic N) is 1. The summed E-state index contributed by atoms with van der Waals surface area (Å²) in [4.78, 5) is 27.1. The number of phenols is 1. The predicted molar refractivity (Wildman–Crippen MR) is 135 cm³/mol. The van der Waals surface area contributed by atoms with Gasteiger partial charge in [-0.05, 0) is 84.3 Å². The van der Waals surface area contributed by atoms with E-state index in [9.17, 15) is 14.7 Å². The maximum atomic E-state index is 13.1. The van der Waals surface area contributed by atoms with E-state index < -0.39 is 6.04 Å². The Bertz CT molecular complexity index is 1200. The number of fused-ring (bicyclic) bond motifs is 1. The fraction of sp³-hybridized carbons (Fsp3) is 0.286. The van der Waals surface area contributed by atoms with Gasteiger partial charge >= 0.3 is 0 Å². The third kappa shape index (κ3) is 4.82. The third-order valence-electron chi connectivity index (χ3n) is 6.58. The van der Waals surface area contributed by atoms with Crippen LogP contribution in [0.1, 0.15) is 41.6 Å². The van der Waals surface area contributed by atoms with Crippen LogP contribution in [0.15, 0.2) is 60.7 Å². The molecular formula is C28H31N3O3. The summed E-state index contributed by atoms with van der Waals surface area (Å²) in [5.41, 5.74) is 13.0. The first-order valence-electron chi connectivity index (χ1n) is 11.6. The summed E-state index contributed by atoms with van der Waals surface area (Å²) >= 11 is 0. The Hall–Kier alpha value is -3.64. The standard InChI is InChI=1S/C28H31N3O3/c1-17-13-22(33)14-18(2)23(17)16-25(29)28(34)30-26-11-12-31(19(3)32)27-10-9-21(15-24(26)27)20-7-5-4-6-8-20/h4-10,13-15,25-26,33H,11-12,16,29H2,1-3H3,(H,30,34). The number of carbonyl (C=O) groups excluding carboxylic acids is 2. The van der Waals surface area contributed by atoms with Crippen LogP contribution in [0.25, 0.3) is 11.1 Å². The van der Waals surface area contributed by atoms with Crippen LogP contribution in [0, 0.1) is 13.8 Å². The molecule has 0 fully saturated rings. The molecule has 2 atom stereocenters. The third-order valence-corrected chi connectivity index (χ3v) is 6.58. The van der Waals surface area contributed by atoms with E-state index in [4.69, 9.17) is 5.73 Å². The topological polar surface area (TPSA) is 95.7 Å². The summed E-state index contributed by atoms with van der Waals surface area (Å²) in [6.45, 7) is 5.91. The molecule has 3 aromatic rings. The maximum absolute atomic E-state index is 13.1. The number of aromatic hydroxyl groups is 1. The van der Waals surface area contributed by atoms with Gasteiger partial charge in [-0.1, -0.05) is 36.4 Å². The van der Waals surface area contributed by atoms with Gasteiger partial charge < -0.3 is 21.1 Å². The molecule has 0 spiro atoms. The molecule has 6 nitrogen and oxygen atoms in total. The first-order valence-corrected chi connectivity index (χ1v) is 11.6. The average molecular weight is 458 g/mol. The molecule has 2 amide bonds. The lowest BCUT2D eigenvalue weighted by molar-refractivity contribution is -0.123. The molecule has 176 valence electrons. The summed E-state index contributed by atoms with van der Waals surface area (Å²) in [5, 5.41) is 12.9. The molecule has 4 N–H and O–H groups in total. The average Bonchev–Trinajstić information content (AvgIpc) is 2.81. The van der Waals surface area contributed by atoms with Gasteiger partial charge in [-0.15, -0.1) is 0 Å². The highest BCUT2D eigenvalue weighted by Crippen LogP contribution is 2.37. The zero-order valence-electron chi connectivity index (χ0n) is 19.8. The van der Waals surface area contributed by atoms with Gasteiger partial charge in [0.25, 0.3) is 0 Å². The van der Waals surface area contributed by atoms with E-state index in [0.29, 0.717) is 19.4 Å². The van der Waals surface area contributed by atoms with Crippen LogP contribution in [0.5, 0.6) is 5.75 Å². The molecule has 0 aromatic heterocycles. The van der Waals surface area contributed by atoms with Crippen molar-refractivity contribution in [1.82, 2.24) is 5.32 Å². The van der Waals surface area contributed by atoms with E-state index in [0.717, 1.165) is 39.1 Å². The first-order chi connectivity index (χ1) is 16.2. The van der Waals surface area contributed by atoms with Crippen LogP contribution in [0.4, 0.5) is 5.69 Å². The molecule has 0 saturated heterocycles. The Morgan fingerprint density at radius 1 is 1.06 bits per heavy atom. The van der Waals surface area contributed by atoms with Gasteiger partial charge in [0.05, 0.1) is 12.1 Å². The highest BCUT2D eigenvalue weighted by molar-refractivity contribution is 5.94. The zero-order valence-corrected chi connectivity index (χ0v) is 19.8. The number of rotatable bonds is 5. The molecule has 34 heavy (non-hydrogen) atoms. The van der Waals surface area contributed by atoms with Crippen molar-refractivity contribution in [2.24, 2.45) is 5.73 Å². The lowest BCUT2D eigenvalue weighted by Gasteiger charge is -2.35. The van der Waals surface area contributed by atoms with Crippen molar-refractivity contribution in [1.29, 1.82) is 0 Å². The predicted octanol–water partition coefficient (Wildman–Crippen LogP) is 4.16. The highest BCUT2D eigenvalue weighted by Gasteiger charge is 2.30. The molecule has 0 radical (unpaired) electrons. The van der Waals surface area contributed by atoms with Gasteiger partial charge in [-0.25, -0.2) is 0 Å². The fourth-order valence-corrected chi connectivity index (χ4v) is 4.78. The van der Waals surface area contributed by atoms with E-state index in [1.165, 1.54) is 0 Å². The van der Waals surface area contributed by atoms with Gasteiger partial charge in [0.2, 0.25) is 11.8 Å². The zero-order chi connectivity index (χ0) is 24.4. The molecule has 1 heterocycles. The molecule has 0 bridgehead atoms. The van der Waals surface area contributed by atoms with Crippen LogP contribution in [0.3, 0.4) is 0 Å². The van der Waals surface area contributed by atoms with Crippen LogP contribution in [0.2, 0.25) is 0 Å². The smallest absolute Gasteiger partial charge is 0.237 e. The number of amides is 2. The molecule has 0 aliphatic carbocycles. The Balaban J connectivity index is 1.59. The molecular weight excluding hydrogens is 426 g/mol. The van der Waals surface area contributed by atoms with E-state index in [1.54, 1.807) is 24.0 Å². The van der Waals surface area contributed by atoms with Crippen molar-refractivity contribution in [3.63, 3.8) is 0 Å². The number of phenolic OH excluding ortho intramolecular Hbond substituents is 1. The Kier molecular flexibility index (Phi) is 6.70. The maximum Gasteiger partial charge on any atom is 0.237 e. The molecule has 1 aliphatic rings. The minimum atomic E-state index is -0.728. The number of anilines is 1. The highest BCUT2D eigenvalue weighted by atomic mass is 16.3. The number of aryl methyl sites for hydroxylation is 2. The number of carbonyl (C=O) groups is 2. The van der Waals surface area contributed by atoms with Crippen molar-refractivity contribution >= 4 is 17.5 Å². The lowest BCUT2D eigenvalue weighted by Crippen LogP contribution is -2.46. The fourth-order valence-electron chi connectivity index (χ4n) is 4.78. The Morgan fingerprint density at radius 2 is 1.74 bits per heavy atom. The van der Waals surface area contributed by atoms with E-state index in [-0.39, 0.29) is 23.6 Å². The number of nitrogens with two attached hydrogens (primary N) is 1. The summed E-state index contributed by atoms with van der Waals surface area (Å²) in [6, 6.07) is 18.5. The summed E-state index contributed by atoms with van der Waals surface area (Å²) in [7, 11) is 0. The van der Waals surface area contributed by atoms with Crippen molar-refractivity contribution in [2.45, 2.75) is 45.7 Å².